The minimum atomic E-state index is -1.83. The Bertz CT molecular complexity index is 588. The van der Waals surface area contributed by atoms with Crippen molar-refractivity contribution in [1.82, 2.24) is 10.3 Å². The van der Waals surface area contributed by atoms with Crippen LogP contribution in [-0.4, -0.2) is 20.9 Å². The summed E-state index contributed by atoms with van der Waals surface area (Å²) >= 11 is 17.6. The Kier molecular flexibility index (Phi) is 5.28. The number of carbonyl (C=O) groups is 1. The lowest BCUT2D eigenvalue weighted by Gasteiger charge is -2.26. The maximum Gasteiger partial charge on any atom is 0.255 e. The molecule has 0 aliphatic rings. The lowest BCUT2D eigenvalue weighted by Crippen LogP contribution is -2.47. The predicted octanol–water partition coefficient (Wildman–Crippen LogP) is 3.59. The smallest absolute Gasteiger partial charge is 0.255 e. The Morgan fingerprint density at radius 3 is 2.43 bits per heavy atom. The van der Waals surface area contributed by atoms with E-state index in [9.17, 15) is 4.79 Å². The van der Waals surface area contributed by atoms with Gasteiger partial charge in [0.25, 0.3) is 5.91 Å². The molecule has 1 N–H and O–H groups in total. The normalized spacial score (nSPS) is 12.5. The van der Waals surface area contributed by atoms with Gasteiger partial charge in [0, 0.05) is 12.4 Å². The van der Waals surface area contributed by atoms with Gasteiger partial charge in [0.15, 0.2) is 0 Å². The van der Waals surface area contributed by atoms with Crippen LogP contribution in [0.1, 0.15) is 10.4 Å². The third kappa shape index (κ3) is 4.77. The van der Waals surface area contributed by atoms with Crippen LogP contribution in [0.2, 0.25) is 0 Å². The maximum absolute atomic E-state index is 12.1. The van der Waals surface area contributed by atoms with Crippen LogP contribution in [0, 0.1) is 0 Å². The van der Waals surface area contributed by atoms with Crippen LogP contribution >= 0.6 is 34.8 Å². The predicted molar refractivity (Wildman–Crippen MR) is 82.9 cm³/mol. The first kappa shape index (κ1) is 15.9. The molecule has 0 fully saturated rings. The average molecular weight is 346 g/mol. The van der Waals surface area contributed by atoms with Crippen LogP contribution in [0.25, 0.3) is 0 Å². The van der Waals surface area contributed by atoms with E-state index in [0.29, 0.717) is 11.3 Å². The Hall–Kier alpha value is -1.49. The van der Waals surface area contributed by atoms with Crippen molar-refractivity contribution < 1.29 is 9.53 Å². The van der Waals surface area contributed by atoms with E-state index in [1.165, 1.54) is 6.20 Å². The summed E-state index contributed by atoms with van der Waals surface area (Å²) in [4.78, 5) is 15.9. The zero-order valence-corrected chi connectivity index (χ0v) is 12.9. The highest BCUT2D eigenvalue weighted by Gasteiger charge is 2.36. The molecule has 0 unspecified atom stereocenters. The molecule has 2 rings (SSSR count). The summed E-state index contributed by atoms with van der Waals surface area (Å²) in [5, 5.41) is 2.52. The van der Waals surface area contributed by atoms with E-state index in [0.717, 1.165) is 0 Å². The van der Waals surface area contributed by atoms with Crippen molar-refractivity contribution >= 4 is 40.7 Å². The summed E-state index contributed by atoms with van der Waals surface area (Å²) in [6.07, 6.45) is 1.83. The molecule has 1 heterocycles. The summed E-state index contributed by atoms with van der Waals surface area (Å²) in [6, 6.07) is 12.0. The molecule has 7 heteroatoms. The highest BCUT2D eigenvalue weighted by molar-refractivity contribution is 6.68. The molecule has 4 nitrogen and oxygen atoms in total. The average Bonchev–Trinajstić information content (AvgIpc) is 2.47. The number of halogens is 3. The summed E-state index contributed by atoms with van der Waals surface area (Å²) in [7, 11) is 0. The molecule has 21 heavy (non-hydrogen) atoms. The first-order valence-electron chi connectivity index (χ1n) is 5.96. The number of nitrogens with one attached hydrogen (secondary N) is 1. The van der Waals surface area contributed by atoms with Gasteiger partial charge in [0.1, 0.15) is 5.75 Å². The van der Waals surface area contributed by atoms with E-state index in [-0.39, 0.29) is 0 Å². The van der Waals surface area contributed by atoms with Crippen molar-refractivity contribution in [1.29, 1.82) is 0 Å². The highest BCUT2D eigenvalue weighted by Crippen LogP contribution is 2.32. The van der Waals surface area contributed by atoms with Gasteiger partial charge in [-0.15, -0.1) is 0 Å². The maximum atomic E-state index is 12.1. The van der Waals surface area contributed by atoms with Gasteiger partial charge in [-0.1, -0.05) is 53.0 Å². The fourth-order valence-electron chi connectivity index (χ4n) is 1.51. The van der Waals surface area contributed by atoms with Crippen molar-refractivity contribution in [3.8, 4) is 5.75 Å². The quantitative estimate of drug-likeness (QED) is 0.680. The topological polar surface area (TPSA) is 51.2 Å². The molecular weight excluding hydrogens is 335 g/mol. The number of carbonyl (C=O) groups excluding carboxylic acids is 1. The van der Waals surface area contributed by atoms with E-state index >= 15 is 0 Å². The van der Waals surface area contributed by atoms with Gasteiger partial charge in [-0.05, 0) is 24.3 Å². The second kappa shape index (κ2) is 6.98. The molecule has 0 saturated carbocycles. The van der Waals surface area contributed by atoms with Crippen molar-refractivity contribution in [3.05, 3.63) is 60.4 Å². The number of pyridine rings is 1. The van der Waals surface area contributed by atoms with Crippen LogP contribution in [-0.2, 0) is 0 Å². The molecular formula is C14H11Cl3N2O2. The van der Waals surface area contributed by atoms with Crippen molar-refractivity contribution in [3.63, 3.8) is 0 Å². The Labute approximate surface area is 137 Å². The van der Waals surface area contributed by atoms with Crippen molar-refractivity contribution in [2.24, 2.45) is 0 Å². The molecule has 0 aliphatic heterocycles. The number of nitrogens with zero attached hydrogens (tertiary/aromatic N) is 1. The Morgan fingerprint density at radius 1 is 1.14 bits per heavy atom. The second-order valence-electron chi connectivity index (χ2n) is 4.07. The second-order valence-corrected chi connectivity index (χ2v) is 6.44. The molecule has 0 saturated heterocycles. The van der Waals surface area contributed by atoms with Crippen LogP contribution in [0.3, 0.4) is 0 Å². The monoisotopic (exact) mass is 344 g/mol. The van der Waals surface area contributed by atoms with Gasteiger partial charge in [-0.25, -0.2) is 0 Å². The van der Waals surface area contributed by atoms with Gasteiger partial charge in [0.05, 0.1) is 5.56 Å². The third-order valence-corrected chi connectivity index (χ3v) is 3.07. The lowest BCUT2D eigenvalue weighted by molar-refractivity contribution is 0.0832. The van der Waals surface area contributed by atoms with E-state index in [2.05, 4.69) is 10.3 Å². The first-order valence-corrected chi connectivity index (χ1v) is 7.09. The van der Waals surface area contributed by atoms with Gasteiger partial charge >= 0.3 is 0 Å². The van der Waals surface area contributed by atoms with E-state index in [1.54, 1.807) is 42.6 Å². The molecule has 0 spiro atoms. The number of amides is 1. The molecule has 0 aliphatic carbocycles. The van der Waals surface area contributed by atoms with Gasteiger partial charge < -0.3 is 10.1 Å². The molecule has 2 aromatic rings. The first-order chi connectivity index (χ1) is 9.97. The highest BCUT2D eigenvalue weighted by atomic mass is 35.6. The molecule has 0 bridgehead atoms. The number of ether oxygens (including phenoxy) is 1. The molecule has 1 amide bonds. The minimum absolute atomic E-state index is 0.341. The van der Waals surface area contributed by atoms with Gasteiger partial charge in [0.2, 0.25) is 10.0 Å². The van der Waals surface area contributed by atoms with Gasteiger partial charge in [-0.2, -0.15) is 0 Å². The molecule has 110 valence electrons. The van der Waals surface area contributed by atoms with Crippen LogP contribution in [0.5, 0.6) is 5.75 Å². The third-order valence-electron chi connectivity index (χ3n) is 2.48. The van der Waals surface area contributed by atoms with Crippen molar-refractivity contribution in [2.75, 3.05) is 0 Å². The van der Waals surface area contributed by atoms with E-state index in [1.807, 2.05) is 6.07 Å². The van der Waals surface area contributed by atoms with Crippen LogP contribution in [0.15, 0.2) is 54.9 Å². The number of benzene rings is 1. The number of hydrogen-bond acceptors (Lipinski definition) is 3. The fourth-order valence-corrected chi connectivity index (χ4v) is 1.81. The fraction of sp³-hybridized carbons (Fsp3) is 0.143. The summed E-state index contributed by atoms with van der Waals surface area (Å²) in [5.74, 6) is 0.0238. The number of hydrogen-bond donors (Lipinski definition) is 1. The number of para-hydroxylation sites is 1. The lowest BCUT2D eigenvalue weighted by atomic mass is 10.2. The molecule has 1 aromatic carbocycles. The van der Waals surface area contributed by atoms with Gasteiger partial charge in [-0.3, -0.25) is 9.78 Å². The standard InChI is InChI=1S/C14H11Cl3N2O2/c15-14(16,17)13(21-11-6-2-1-3-7-11)19-12(20)10-5-4-8-18-9-10/h1-9,13H,(H,19,20)/t13-/m1/s1. The zero-order valence-electron chi connectivity index (χ0n) is 10.7. The SMILES string of the molecule is O=C(N[C@H](Oc1ccccc1)C(Cl)(Cl)Cl)c1cccnc1. The summed E-state index contributed by atoms with van der Waals surface area (Å²) in [6.45, 7) is 0. The zero-order chi connectivity index (χ0) is 15.3. The number of aromatic nitrogens is 1. The Balaban J connectivity index is 2.12. The van der Waals surface area contributed by atoms with E-state index in [4.69, 9.17) is 39.5 Å². The summed E-state index contributed by atoms with van der Waals surface area (Å²) < 4.78 is 3.70. The minimum Gasteiger partial charge on any atom is -0.466 e. The Morgan fingerprint density at radius 2 is 1.86 bits per heavy atom. The largest absolute Gasteiger partial charge is 0.466 e. The molecule has 1 atom stereocenters. The molecule has 0 radical (unpaired) electrons. The van der Waals surface area contributed by atoms with Crippen molar-refractivity contribution in [2.45, 2.75) is 10.0 Å². The number of rotatable bonds is 4. The number of alkyl halides is 3. The summed E-state index contributed by atoms with van der Waals surface area (Å²) in [5.41, 5.74) is 0.341. The van der Waals surface area contributed by atoms with Crippen LogP contribution in [0.4, 0.5) is 0 Å². The molecule has 1 aromatic heterocycles. The van der Waals surface area contributed by atoms with E-state index < -0.39 is 15.9 Å². The van der Waals surface area contributed by atoms with Crippen LogP contribution < -0.4 is 10.1 Å².